The number of benzene rings is 1. The molecule has 0 saturated carbocycles. The summed E-state index contributed by atoms with van der Waals surface area (Å²) in [4.78, 5) is 83.5. The lowest BCUT2D eigenvalue weighted by Gasteiger charge is -2.36. The van der Waals surface area contributed by atoms with Crippen molar-refractivity contribution in [1.29, 1.82) is 0 Å². The standard InChI is InChI=1S/C52H86N8O8/c1-37(53-3)47(61)56-42-26-18-16-24-40-28-30-45(59(40)51(42)65)49(63)55-32-35-67-33-20-11-9-7-5-6-8-10-12-21-34-68-36-44(39-22-14-13-15-23-39)58-50(64)46-31-29-41-25-17-19-27-43(52(66)60(41)46)57-48(62)38(2)54-4/h13-15,22-23,37-38,40-46,53-54H,5-12,16-21,24-36H2,1-4H3,(H,55,63)(H,56,61)(H,57,62)(H,58,64)/t37-,38-,40-,41-,42-,43-,44+,45-,46-/m0/s1. The van der Waals surface area contributed by atoms with Crippen molar-refractivity contribution in [3.05, 3.63) is 35.9 Å². The third kappa shape index (κ3) is 16.8. The molecule has 4 fully saturated rings. The van der Waals surface area contributed by atoms with Crippen LogP contribution in [0.4, 0.5) is 0 Å². The maximum Gasteiger partial charge on any atom is 0.246 e. The minimum absolute atomic E-state index is 0.000706. The van der Waals surface area contributed by atoms with Crippen molar-refractivity contribution in [2.45, 2.75) is 209 Å². The number of hydrogen-bond donors (Lipinski definition) is 6. The van der Waals surface area contributed by atoms with Crippen LogP contribution in [-0.4, -0.2) is 141 Å². The summed E-state index contributed by atoms with van der Waals surface area (Å²) in [5, 5.41) is 18.0. The fourth-order valence-electron chi connectivity index (χ4n) is 10.4. The minimum atomic E-state index is -0.635. The highest BCUT2D eigenvalue weighted by atomic mass is 16.5. The van der Waals surface area contributed by atoms with Crippen LogP contribution in [0.1, 0.15) is 167 Å². The Hall–Kier alpha value is -4.12. The molecular formula is C52H86N8O8. The Morgan fingerprint density at radius 1 is 0.574 bits per heavy atom. The van der Waals surface area contributed by atoms with E-state index in [4.69, 9.17) is 9.47 Å². The molecule has 0 spiro atoms. The van der Waals surface area contributed by atoms with Crippen molar-refractivity contribution in [1.82, 2.24) is 41.7 Å². The van der Waals surface area contributed by atoms with E-state index in [1.54, 1.807) is 37.7 Å². The first-order valence-electron chi connectivity index (χ1n) is 26.4. The van der Waals surface area contributed by atoms with Gasteiger partial charge < -0.3 is 51.2 Å². The van der Waals surface area contributed by atoms with Gasteiger partial charge in [0.25, 0.3) is 0 Å². The largest absolute Gasteiger partial charge is 0.380 e. The average molecular weight is 951 g/mol. The predicted octanol–water partition coefficient (Wildman–Crippen LogP) is 4.95. The summed E-state index contributed by atoms with van der Waals surface area (Å²) in [7, 11) is 3.44. The van der Waals surface area contributed by atoms with E-state index in [0.717, 1.165) is 82.6 Å². The van der Waals surface area contributed by atoms with E-state index in [1.807, 2.05) is 30.3 Å². The second kappa shape index (κ2) is 29.8. The minimum Gasteiger partial charge on any atom is -0.380 e. The summed E-state index contributed by atoms with van der Waals surface area (Å²) >= 11 is 0. The van der Waals surface area contributed by atoms with Gasteiger partial charge in [-0.1, -0.05) is 107 Å². The summed E-state index contributed by atoms with van der Waals surface area (Å²) in [6, 6.07) is 6.45. The summed E-state index contributed by atoms with van der Waals surface area (Å²) < 4.78 is 12.0. The van der Waals surface area contributed by atoms with E-state index in [2.05, 4.69) is 31.9 Å². The van der Waals surface area contributed by atoms with Crippen LogP contribution in [0.3, 0.4) is 0 Å². The van der Waals surface area contributed by atoms with Gasteiger partial charge in [0.15, 0.2) is 0 Å². The van der Waals surface area contributed by atoms with Crippen LogP contribution in [0.25, 0.3) is 0 Å². The summed E-state index contributed by atoms with van der Waals surface area (Å²) in [5.74, 6) is -1.01. The predicted molar refractivity (Wildman–Crippen MR) is 263 cm³/mol. The molecule has 0 bridgehead atoms. The molecule has 4 heterocycles. The number of rotatable bonds is 28. The Labute approximate surface area is 406 Å². The molecule has 16 nitrogen and oxygen atoms in total. The number of nitrogens with one attached hydrogen (secondary N) is 6. The molecule has 0 unspecified atom stereocenters. The van der Waals surface area contributed by atoms with E-state index < -0.39 is 36.3 Å². The number of nitrogens with zero attached hydrogens (tertiary/aromatic N) is 2. The van der Waals surface area contributed by atoms with Gasteiger partial charge in [-0.2, -0.15) is 0 Å². The van der Waals surface area contributed by atoms with Crippen LogP contribution in [-0.2, 0) is 38.2 Å². The quantitative estimate of drug-likeness (QED) is 0.0626. The second-order valence-corrected chi connectivity index (χ2v) is 19.7. The average Bonchev–Trinajstić information content (AvgIpc) is 3.97. The first-order chi connectivity index (χ1) is 33.0. The van der Waals surface area contributed by atoms with E-state index in [1.165, 1.54) is 38.5 Å². The highest BCUT2D eigenvalue weighted by Crippen LogP contribution is 2.33. The van der Waals surface area contributed by atoms with Gasteiger partial charge in [-0.05, 0) is 97.7 Å². The van der Waals surface area contributed by atoms with E-state index in [9.17, 15) is 28.8 Å². The number of fused-ring (bicyclic) bond motifs is 2. The molecule has 4 aliphatic rings. The van der Waals surface area contributed by atoms with Crippen LogP contribution in [0.2, 0.25) is 0 Å². The molecule has 9 atom stereocenters. The maximum absolute atomic E-state index is 13.9. The molecule has 0 aliphatic carbocycles. The van der Waals surface area contributed by atoms with Crippen molar-refractivity contribution >= 4 is 35.4 Å². The Morgan fingerprint density at radius 2 is 1.03 bits per heavy atom. The Balaban J connectivity index is 0.889. The molecule has 1 aromatic rings. The monoisotopic (exact) mass is 951 g/mol. The lowest BCUT2D eigenvalue weighted by Crippen LogP contribution is -2.58. The highest BCUT2D eigenvalue weighted by molar-refractivity contribution is 5.95. The Bertz CT molecular complexity index is 1720. The van der Waals surface area contributed by atoms with Crippen LogP contribution >= 0.6 is 0 Å². The molecule has 16 heteroatoms. The van der Waals surface area contributed by atoms with Gasteiger partial charge in [-0.15, -0.1) is 0 Å². The zero-order chi connectivity index (χ0) is 48.7. The van der Waals surface area contributed by atoms with E-state index >= 15 is 0 Å². The summed E-state index contributed by atoms with van der Waals surface area (Å²) in [6.45, 7) is 6.03. The van der Waals surface area contributed by atoms with Crippen LogP contribution in [0, 0.1) is 0 Å². The van der Waals surface area contributed by atoms with Crippen molar-refractivity contribution in [2.75, 3.05) is 47.1 Å². The van der Waals surface area contributed by atoms with Gasteiger partial charge in [-0.25, -0.2) is 0 Å². The fourth-order valence-corrected chi connectivity index (χ4v) is 10.4. The zero-order valence-corrected chi connectivity index (χ0v) is 41.8. The molecular weight excluding hydrogens is 865 g/mol. The van der Waals surface area contributed by atoms with Crippen LogP contribution < -0.4 is 31.9 Å². The summed E-state index contributed by atoms with van der Waals surface area (Å²) in [6.07, 6.45) is 20.8. The molecule has 382 valence electrons. The highest BCUT2D eigenvalue weighted by Gasteiger charge is 2.45. The maximum atomic E-state index is 13.9. The number of unbranched alkanes of at least 4 members (excludes halogenated alkanes) is 9. The molecule has 0 aromatic heterocycles. The molecule has 6 amide bonds. The lowest BCUT2D eigenvalue weighted by atomic mass is 9.98. The lowest BCUT2D eigenvalue weighted by molar-refractivity contribution is -0.144. The van der Waals surface area contributed by atoms with E-state index in [0.29, 0.717) is 58.7 Å². The molecule has 4 saturated heterocycles. The third-order valence-corrected chi connectivity index (χ3v) is 14.7. The fraction of sp³-hybridized carbons (Fsp3) is 0.769. The van der Waals surface area contributed by atoms with Crippen molar-refractivity contribution in [2.24, 2.45) is 0 Å². The van der Waals surface area contributed by atoms with Gasteiger partial charge in [0, 0.05) is 31.8 Å². The zero-order valence-electron chi connectivity index (χ0n) is 41.8. The topological polar surface area (TPSA) is 200 Å². The number of hydrogen-bond acceptors (Lipinski definition) is 10. The first kappa shape index (κ1) is 54.8. The molecule has 6 N–H and O–H groups in total. The molecule has 68 heavy (non-hydrogen) atoms. The first-order valence-corrected chi connectivity index (χ1v) is 26.4. The molecule has 5 rings (SSSR count). The normalized spacial score (nSPS) is 24.4. The second-order valence-electron chi connectivity index (χ2n) is 19.7. The summed E-state index contributed by atoms with van der Waals surface area (Å²) in [5.41, 5.74) is 0.967. The van der Waals surface area contributed by atoms with Gasteiger partial charge in [-0.3, -0.25) is 28.8 Å². The number of amides is 6. The molecule has 0 radical (unpaired) electrons. The molecule has 1 aromatic carbocycles. The van der Waals surface area contributed by atoms with Gasteiger partial charge in [0.05, 0.1) is 31.3 Å². The van der Waals surface area contributed by atoms with Gasteiger partial charge in [0.2, 0.25) is 35.4 Å². The number of carbonyl (C=O) groups excluding carboxylic acids is 6. The number of ether oxygens (including phenoxy) is 2. The SMILES string of the molecule is CN[C@@H](C)C(=O)N[C@H]1CCCC[C@H]2CC[C@@H](C(=O)NCCOCCCCCCCCCCCCOC[C@@H](NC(=O)[C@@H]3CC[C@@H]4CCCC[C@H](NC(=O)[C@H](C)NC)C(=O)N43)c3ccccc3)N2C1=O. The smallest absolute Gasteiger partial charge is 0.246 e. The van der Waals surface area contributed by atoms with E-state index in [-0.39, 0.29) is 53.6 Å². The Kier molecular flexibility index (Phi) is 24.0. The number of carbonyl (C=O) groups is 6. The van der Waals surface area contributed by atoms with Crippen LogP contribution in [0.15, 0.2) is 30.3 Å². The van der Waals surface area contributed by atoms with Gasteiger partial charge >= 0.3 is 0 Å². The van der Waals surface area contributed by atoms with Crippen LogP contribution in [0.5, 0.6) is 0 Å². The molecule has 4 aliphatic heterocycles. The van der Waals surface area contributed by atoms with Crippen molar-refractivity contribution in [3.63, 3.8) is 0 Å². The van der Waals surface area contributed by atoms with Gasteiger partial charge in [0.1, 0.15) is 24.2 Å². The number of likely N-dealkylation sites (N-methyl/N-ethyl adjacent to an activating group) is 2. The van der Waals surface area contributed by atoms with Crippen molar-refractivity contribution < 1.29 is 38.2 Å². The third-order valence-electron chi connectivity index (χ3n) is 14.7. The Morgan fingerprint density at radius 3 is 1.53 bits per heavy atom. The van der Waals surface area contributed by atoms with Crippen molar-refractivity contribution in [3.8, 4) is 0 Å².